The second-order valence-corrected chi connectivity index (χ2v) is 6.35. The van der Waals surface area contributed by atoms with Gasteiger partial charge in [-0.15, -0.1) is 0 Å². The molecule has 0 bridgehead atoms. The van der Waals surface area contributed by atoms with Gasteiger partial charge in [-0.05, 0) is 50.5 Å². The van der Waals surface area contributed by atoms with Crippen molar-refractivity contribution < 1.29 is 4.74 Å². The highest BCUT2D eigenvalue weighted by atomic mass is 16.5. The van der Waals surface area contributed by atoms with Gasteiger partial charge in [-0.3, -0.25) is 0 Å². The molecule has 2 saturated carbocycles. The van der Waals surface area contributed by atoms with Crippen molar-refractivity contribution in [3.05, 3.63) is 35.4 Å². The van der Waals surface area contributed by atoms with E-state index in [1.807, 2.05) is 7.11 Å². The molecular formula is C17H25NO. The average molecular weight is 259 g/mol. The number of rotatable bonds is 6. The van der Waals surface area contributed by atoms with Crippen molar-refractivity contribution in [1.82, 2.24) is 5.32 Å². The predicted octanol–water partition coefficient (Wildman–Crippen LogP) is 3.60. The van der Waals surface area contributed by atoms with Gasteiger partial charge in [0.2, 0.25) is 0 Å². The van der Waals surface area contributed by atoms with Gasteiger partial charge in [0.15, 0.2) is 0 Å². The smallest absolute Gasteiger partial charge is 0.0802 e. The third-order valence-corrected chi connectivity index (χ3v) is 4.87. The summed E-state index contributed by atoms with van der Waals surface area (Å²) in [6.07, 6.45) is 6.47. The second-order valence-electron chi connectivity index (χ2n) is 6.35. The highest BCUT2D eigenvalue weighted by Gasteiger charge is 2.39. The van der Waals surface area contributed by atoms with Crippen LogP contribution in [0.2, 0.25) is 0 Å². The van der Waals surface area contributed by atoms with Gasteiger partial charge in [0.05, 0.1) is 5.60 Å². The number of methoxy groups -OCH3 is 1. The third-order valence-electron chi connectivity index (χ3n) is 4.87. The zero-order valence-corrected chi connectivity index (χ0v) is 12.1. The van der Waals surface area contributed by atoms with Crippen molar-refractivity contribution >= 4 is 0 Å². The summed E-state index contributed by atoms with van der Waals surface area (Å²) in [5.41, 5.74) is 2.90. The number of nitrogens with one attached hydrogen (secondary N) is 1. The number of ether oxygens (including phenoxy) is 1. The minimum atomic E-state index is 0.123. The minimum Gasteiger partial charge on any atom is -0.377 e. The van der Waals surface area contributed by atoms with Crippen LogP contribution in [0.5, 0.6) is 0 Å². The Morgan fingerprint density at radius 2 is 1.95 bits per heavy atom. The van der Waals surface area contributed by atoms with E-state index in [0.717, 1.165) is 12.5 Å². The van der Waals surface area contributed by atoms with Crippen LogP contribution in [0.15, 0.2) is 24.3 Å². The highest BCUT2D eigenvalue weighted by Crippen LogP contribution is 2.42. The number of aryl methyl sites for hydroxylation is 1. The molecule has 0 radical (unpaired) electrons. The van der Waals surface area contributed by atoms with Crippen molar-refractivity contribution in [1.29, 1.82) is 0 Å². The fourth-order valence-corrected chi connectivity index (χ4v) is 3.08. The van der Waals surface area contributed by atoms with E-state index in [2.05, 4.69) is 36.5 Å². The Bertz CT molecular complexity index is 412. The predicted molar refractivity (Wildman–Crippen MR) is 78.2 cm³/mol. The van der Waals surface area contributed by atoms with Gasteiger partial charge in [-0.1, -0.05) is 29.8 Å². The summed E-state index contributed by atoms with van der Waals surface area (Å²) < 4.78 is 5.72. The Labute approximate surface area is 116 Å². The molecule has 2 fully saturated rings. The monoisotopic (exact) mass is 259 g/mol. The summed E-state index contributed by atoms with van der Waals surface area (Å²) in [6, 6.07) is 9.54. The van der Waals surface area contributed by atoms with E-state index in [9.17, 15) is 0 Å². The molecule has 2 aliphatic carbocycles. The molecule has 0 amide bonds. The first-order valence-corrected chi connectivity index (χ1v) is 7.58. The molecule has 0 saturated heterocycles. The van der Waals surface area contributed by atoms with E-state index in [-0.39, 0.29) is 5.60 Å². The molecule has 1 aromatic carbocycles. The van der Waals surface area contributed by atoms with Crippen LogP contribution in [0.1, 0.15) is 49.3 Å². The van der Waals surface area contributed by atoms with Crippen LogP contribution in [0.4, 0.5) is 0 Å². The van der Waals surface area contributed by atoms with Gasteiger partial charge < -0.3 is 10.1 Å². The van der Waals surface area contributed by atoms with Crippen molar-refractivity contribution in [2.75, 3.05) is 13.7 Å². The van der Waals surface area contributed by atoms with Crippen molar-refractivity contribution in [2.24, 2.45) is 5.92 Å². The van der Waals surface area contributed by atoms with E-state index in [0.29, 0.717) is 6.04 Å². The minimum absolute atomic E-state index is 0.123. The lowest BCUT2D eigenvalue weighted by molar-refractivity contribution is -0.0712. The molecule has 1 aromatic rings. The Morgan fingerprint density at radius 1 is 1.26 bits per heavy atom. The molecule has 3 rings (SSSR count). The molecule has 104 valence electrons. The van der Waals surface area contributed by atoms with Crippen LogP contribution in [0.3, 0.4) is 0 Å². The molecule has 1 unspecified atom stereocenters. The molecule has 19 heavy (non-hydrogen) atoms. The Morgan fingerprint density at radius 3 is 2.42 bits per heavy atom. The lowest BCUT2D eigenvalue weighted by atomic mass is 9.79. The van der Waals surface area contributed by atoms with Crippen LogP contribution >= 0.6 is 0 Å². The van der Waals surface area contributed by atoms with Gasteiger partial charge in [0.25, 0.3) is 0 Å². The van der Waals surface area contributed by atoms with Crippen LogP contribution in [0.25, 0.3) is 0 Å². The largest absolute Gasteiger partial charge is 0.377 e. The van der Waals surface area contributed by atoms with E-state index >= 15 is 0 Å². The maximum absolute atomic E-state index is 5.72. The highest BCUT2D eigenvalue weighted by molar-refractivity contribution is 5.25. The zero-order chi connectivity index (χ0) is 13.3. The summed E-state index contributed by atoms with van der Waals surface area (Å²) in [6.45, 7) is 3.15. The Kier molecular flexibility index (Phi) is 3.64. The maximum Gasteiger partial charge on any atom is 0.0802 e. The van der Waals surface area contributed by atoms with Crippen molar-refractivity contribution in [3.8, 4) is 0 Å². The lowest BCUT2D eigenvalue weighted by Gasteiger charge is -2.41. The summed E-state index contributed by atoms with van der Waals surface area (Å²) in [5.74, 6) is 0.830. The maximum atomic E-state index is 5.72. The molecule has 1 N–H and O–H groups in total. The molecule has 0 heterocycles. The molecule has 2 heteroatoms. The Hall–Kier alpha value is -0.860. The summed E-state index contributed by atoms with van der Waals surface area (Å²) in [5, 5.41) is 3.79. The fraction of sp³-hybridized carbons (Fsp3) is 0.647. The Balaban J connectivity index is 1.66. The van der Waals surface area contributed by atoms with Gasteiger partial charge >= 0.3 is 0 Å². The van der Waals surface area contributed by atoms with Gasteiger partial charge in [-0.25, -0.2) is 0 Å². The van der Waals surface area contributed by atoms with Crippen LogP contribution < -0.4 is 5.32 Å². The molecule has 0 aliphatic heterocycles. The van der Waals surface area contributed by atoms with E-state index in [1.54, 1.807) is 0 Å². The first-order valence-electron chi connectivity index (χ1n) is 7.58. The summed E-state index contributed by atoms with van der Waals surface area (Å²) in [4.78, 5) is 0. The molecule has 2 aliphatic rings. The SMILES string of the molecule is COC1(CNC(c2ccc(C)cc2)C2CC2)CCC1. The standard InChI is InChI=1S/C17H25NO/c1-13-4-6-14(7-5-13)16(15-8-9-15)18-12-17(19-2)10-3-11-17/h4-7,15-16,18H,3,8-12H2,1-2H3. The summed E-state index contributed by atoms with van der Waals surface area (Å²) in [7, 11) is 1.86. The van der Waals surface area contributed by atoms with Gasteiger partial charge in [-0.2, -0.15) is 0 Å². The van der Waals surface area contributed by atoms with Crippen molar-refractivity contribution in [3.63, 3.8) is 0 Å². The number of benzene rings is 1. The van der Waals surface area contributed by atoms with Crippen molar-refractivity contribution in [2.45, 2.75) is 50.7 Å². The van der Waals surface area contributed by atoms with E-state index in [4.69, 9.17) is 4.74 Å². The second kappa shape index (κ2) is 5.26. The molecule has 2 nitrogen and oxygen atoms in total. The van der Waals surface area contributed by atoms with Gasteiger partial charge in [0, 0.05) is 19.7 Å². The molecule has 0 aromatic heterocycles. The van der Waals surface area contributed by atoms with E-state index < -0.39 is 0 Å². The number of hydrogen-bond acceptors (Lipinski definition) is 2. The topological polar surface area (TPSA) is 21.3 Å². The first kappa shape index (κ1) is 13.1. The molecule has 0 spiro atoms. The molecule has 1 atom stereocenters. The zero-order valence-electron chi connectivity index (χ0n) is 12.1. The van der Waals surface area contributed by atoms with Gasteiger partial charge in [0.1, 0.15) is 0 Å². The van der Waals surface area contributed by atoms with Crippen LogP contribution in [-0.2, 0) is 4.74 Å². The van der Waals surface area contributed by atoms with Crippen LogP contribution in [0, 0.1) is 12.8 Å². The van der Waals surface area contributed by atoms with E-state index in [1.165, 1.54) is 43.2 Å². The third kappa shape index (κ3) is 2.85. The lowest BCUT2D eigenvalue weighted by Crippen LogP contribution is -2.49. The summed E-state index contributed by atoms with van der Waals surface area (Å²) >= 11 is 0. The molecular weight excluding hydrogens is 234 g/mol. The normalized spacial score (nSPS) is 22.8. The van der Waals surface area contributed by atoms with Crippen LogP contribution in [-0.4, -0.2) is 19.3 Å². The average Bonchev–Trinajstić information content (AvgIpc) is 3.19. The number of hydrogen-bond donors (Lipinski definition) is 1. The first-order chi connectivity index (χ1) is 9.22. The quantitative estimate of drug-likeness (QED) is 0.842. The fourth-order valence-electron chi connectivity index (χ4n) is 3.08.